The van der Waals surface area contributed by atoms with Gasteiger partial charge in [0.05, 0.1) is 18.6 Å². The predicted octanol–water partition coefficient (Wildman–Crippen LogP) is 4.01. The summed E-state index contributed by atoms with van der Waals surface area (Å²) in [5.74, 6) is 2.98. The van der Waals surface area contributed by atoms with Gasteiger partial charge < -0.3 is 18.8 Å². The minimum Gasteiger partial charge on any atom is -0.467 e. The molecule has 4 aromatic rings. The standard InChI is InChI=1S/C23H20N4O4S/c1-26(13-18-8-5-11-29-18)21(28)14-32-23-25-24-22(27(23)17-6-3-2-4-7-17)16-9-10-19-20(12-16)31-15-30-19/h2-12H,13-15H2,1H3. The van der Waals surface area contributed by atoms with Crippen LogP contribution in [0.3, 0.4) is 0 Å². The molecule has 1 aliphatic heterocycles. The van der Waals surface area contributed by atoms with Crippen LogP contribution in [0.25, 0.3) is 17.1 Å². The van der Waals surface area contributed by atoms with E-state index in [9.17, 15) is 4.79 Å². The van der Waals surface area contributed by atoms with E-state index in [0.717, 1.165) is 17.0 Å². The van der Waals surface area contributed by atoms with E-state index in [2.05, 4.69) is 10.2 Å². The van der Waals surface area contributed by atoms with Gasteiger partial charge in [0.15, 0.2) is 22.5 Å². The molecule has 8 nitrogen and oxygen atoms in total. The Morgan fingerprint density at radius 1 is 1.06 bits per heavy atom. The molecule has 0 aliphatic carbocycles. The van der Waals surface area contributed by atoms with E-state index in [1.165, 1.54) is 11.8 Å². The summed E-state index contributed by atoms with van der Waals surface area (Å²) in [6.45, 7) is 0.624. The van der Waals surface area contributed by atoms with Gasteiger partial charge in [0, 0.05) is 18.3 Å². The molecule has 2 aromatic carbocycles. The topological polar surface area (TPSA) is 82.6 Å². The van der Waals surface area contributed by atoms with Crippen LogP contribution in [0.5, 0.6) is 11.5 Å². The normalized spacial score (nSPS) is 12.2. The lowest BCUT2D eigenvalue weighted by Crippen LogP contribution is -2.27. The Balaban J connectivity index is 1.41. The quantitative estimate of drug-likeness (QED) is 0.395. The number of benzene rings is 2. The highest BCUT2D eigenvalue weighted by atomic mass is 32.2. The van der Waals surface area contributed by atoms with Crippen molar-refractivity contribution in [2.45, 2.75) is 11.7 Å². The lowest BCUT2D eigenvalue weighted by Gasteiger charge is -2.15. The molecule has 0 fully saturated rings. The van der Waals surface area contributed by atoms with Crippen molar-refractivity contribution in [3.05, 3.63) is 72.7 Å². The van der Waals surface area contributed by atoms with Crippen molar-refractivity contribution in [2.75, 3.05) is 19.6 Å². The summed E-state index contributed by atoms with van der Waals surface area (Å²) in [6.07, 6.45) is 1.60. The Morgan fingerprint density at radius 3 is 2.72 bits per heavy atom. The van der Waals surface area contributed by atoms with Crippen LogP contribution in [0.1, 0.15) is 5.76 Å². The summed E-state index contributed by atoms with van der Waals surface area (Å²) in [5, 5.41) is 9.44. The van der Waals surface area contributed by atoms with Gasteiger partial charge in [-0.2, -0.15) is 0 Å². The van der Waals surface area contributed by atoms with Gasteiger partial charge in [0.2, 0.25) is 12.7 Å². The van der Waals surface area contributed by atoms with Gasteiger partial charge in [-0.25, -0.2) is 0 Å². The van der Waals surface area contributed by atoms with Crippen molar-refractivity contribution >= 4 is 17.7 Å². The lowest BCUT2D eigenvalue weighted by atomic mass is 10.2. The SMILES string of the molecule is CN(Cc1ccco1)C(=O)CSc1nnc(-c2ccc3c(c2)OCO3)n1-c1ccccc1. The third-order valence-corrected chi connectivity index (χ3v) is 5.92. The highest BCUT2D eigenvalue weighted by Gasteiger charge is 2.21. The predicted molar refractivity (Wildman–Crippen MR) is 119 cm³/mol. The van der Waals surface area contributed by atoms with Crippen LogP contribution in [0.4, 0.5) is 0 Å². The Labute approximate surface area is 188 Å². The zero-order chi connectivity index (χ0) is 21.9. The fourth-order valence-corrected chi connectivity index (χ4v) is 4.25. The number of rotatable bonds is 7. The maximum Gasteiger partial charge on any atom is 0.233 e. The molecule has 0 saturated heterocycles. The van der Waals surface area contributed by atoms with Gasteiger partial charge in [0.1, 0.15) is 5.76 Å². The molecule has 0 radical (unpaired) electrons. The number of ether oxygens (including phenoxy) is 2. The molecule has 9 heteroatoms. The number of carbonyl (C=O) groups is 1. The molecular weight excluding hydrogens is 428 g/mol. The van der Waals surface area contributed by atoms with E-state index in [1.54, 1.807) is 18.2 Å². The number of thioether (sulfide) groups is 1. The average molecular weight is 449 g/mol. The Hall–Kier alpha value is -3.72. The molecule has 1 amide bonds. The molecule has 0 bridgehead atoms. The van der Waals surface area contributed by atoms with Crippen LogP contribution in [-0.4, -0.2) is 45.2 Å². The molecular formula is C23H20N4O4S. The van der Waals surface area contributed by atoms with Crippen LogP contribution < -0.4 is 9.47 Å². The number of furan rings is 1. The summed E-state index contributed by atoms with van der Waals surface area (Å²) in [7, 11) is 1.76. The van der Waals surface area contributed by atoms with Crippen LogP contribution in [-0.2, 0) is 11.3 Å². The Kier molecular flexibility index (Phi) is 5.55. The van der Waals surface area contributed by atoms with Crippen LogP contribution in [0, 0.1) is 0 Å². The molecule has 0 unspecified atom stereocenters. The second-order valence-electron chi connectivity index (χ2n) is 7.16. The first-order chi connectivity index (χ1) is 15.7. The van der Waals surface area contributed by atoms with Gasteiger partial charge in [-0.05, 0) is 42.5 Å². The Morgan fingerprint density at radius 2 is 1.91 bits per heavy atom. The van der Waals surface area contributed by atoms with Crippen LogP contribution in [0.15, 0.2) is 76.5 Å². The number of nitrogens with zero attached hydrogens (tertiary/aromatic N) is 4. The largest absolute Gasteiger partial charge is 0.467 e. The van der Waals surface area contributed by atoms with Crippen LogP contribution in [0.2, 0.25) is 0 Å². The van der Waals surface area contributed by atoms with Gasteiger partial charge in [-0.1, -0.05) is 30.0 Å². The maximum absolute atomic E-state index is 12.7. The molecule has 5 rings (SSSR count). The summed E-state index contributed by atoms with van der Waals surface area (Å²) >= 11 is 1.34. The third kappa shape index (κ3) is 4.06. The highest BCUT2D eigenvalue weighted by molar-refractivity contribution is 7.99. The number of para-hydroxylation sites is 1. The number of carbonyl (C=O) groups excluding carboxylic acids is 1. The number of aromatic nitrogens is 3. The van der Waals surface area contributed by atoms with E-state index in [-0.39, 0.29) is 18.5 Å². The van der Waals surface area contributed by atoms with Gasteiger partial charge in [-0.15, -0.1) is 10.2 Å². The van der Waals surface area contributed by atoms with Gasteiger partial charge >= 0.3 is 0 Å². The number of amides is 1. The van der Waals surface area contributed by atoms with Crippen molar-refractivity contribution in [3.8, 4) is 28.6 Å². The zero-order valence-electron chi connectivity index (χ0n) is 17.3. The summed E-state index contributed by atoms with van der Waals surface area (Å²) in [5.41, 5.74) is 1.75. The second-order valence-corrected chi connectivity index (χ2v) is 8.11. The zero-order valence-corrected chi connectivity index (χ0v) is 18.1. The molecule has 0 atom stereocenters. The van der Waals surface area contributed by atoms with Crippen molar-refractivity contribution in [1.29, 1.82) is 0 Å². The summed E-state index contributed by atoms with van der Waals surface area (Å²) in [6, 6.07) is 19.2. The van der Waals surface area contributed by atoms with Gasteiger partial charge in [0.25, 0.3) is 0 Å². The second kappa shape index (κ2) is 8.80. The minimum absolute atomic E-state index is 0.0290. The van der Waals surface area contributed by atoms with Crippen molar-refractivity contribution < 1.29 is 18.7 Å². The molecule has 0 N–H and O–H groups in total. The minimum atomic E-state index is -0.0290. The average Bonchev–Trinajstić information content (AvgIpc) is 3.58. The molecule has 0 saturated carbocycles. The van der Waals surface area contributed by atoms with Crippen LogP contribution >= 0.6 is 11.8 Å². The number of fused-ring (bicyclic) bond motifs is 1. The molecule has 162 valence electrons. The highest BCUT2D eigenvalue weighted by Crippen LogP contribution is 2.37. The first-order valence-corrected chi connectivity index (χ1v) is 11.0. The number of hydrogen-bond acceptors (Lipinski definition) is 7. The molecule has 1 aliphatic rings. The monoisotopic (exact) mass is 448 g/mol. The fourth-order valence-electron chi connectivity index (χ4n) is 3.36. The van der Waals surface area contributed by atoms with Crippen molar-refractivity contribution in [3.63, 3.8) is 0 Å². The van der Waals surface area contributed by atoms with E-state index >= 15 is 0 Å². The summed E-state index contributed by atoms with van der Waals surface area (Å²) < 4.78 is 18.2. The van der Waals surface area contributed by atoms with Gasteiger partial charge in [-0.3, -0.25) is 9.36 Å². The third-order valence-electron chi connectivity index (χ3n) is 5.00. The van der Waals surface area contributed by atoms with Crippen molar-refractivity contribution in [2.24, 2.45) is 0 Å². The lowest BCUT2D eigenvalue weighted by molar-refractivity contribution is -0.127. The van der Waals surface area contributed by atoms with E-state index in [4.69, 9.17) is 13.9 Å². The van der Waals surface area contributed by atoms with Crippen molar-refractivity contribution in [1.82, 2.24) is 19.7 Å². The molecule has 2 aromatic heterocycles. The smallest absolute Gasteiger partial charge is 0.233 e. The summed E-state index contributed by atoms with van der Waals surface area (Å²) in [4.78, 5) is 14.3. The van der Waals surface area contributed by atoms with E-state index in [0.29, 0.717) is 29.0 Å². The molecule has 3 heterocycles. The first-order valence-electron chi connectivity index (χ1n) is 9.99. The number of hydrogen-bond donors (Lipinski definition) is 0. The van der Waals surface area contributed by atoms with E-state index < -0.39 is 0 Å². The maximum atomic E-state index is 12.7. The molecule has 32 heavy (non-hydrogen) atoms. The fraction of sp³-hybridized carbons (Fsp3) is 0.174. The first kappa shape index (κ1) is 20.2. The molecule has 0 spiro atoms. The van der Waals surface area contributed by atoms with E-state index in [1.807, 2.05) is 65.2 Å². The Bertz CT molecular complexity index is 1220.